The van der Waals surface area contributed by atoms with Gasteiger partial charge >= 0.3 is 0 Å². The molecule has 2 rings (SSSR count). The smallest absolute Gasteiger partial charge is 0.255 e. The molecule has 1 fully saturated rings. The molecule has 24 heavy (non-hydrogen) atoms. The molecule has 1 N–H and O–H groups in total. The number of likely N-dealkylation sites (tertiary alicyclic amines) is 1. The predicted molar refractivity (Wildman–Crippen MR) is 98.1 cm³/mol. The average molecular weight is 371 g/mol. The van der Waals surface area contributed by atoms with Crippen molar-refractivity contribution in [2.45, 2.75) is 48.8 Å². The van der Waals surface area contributed by atoms with Gasteiger partial charge in [-0.1, -0.05) is 13.3 Å². The zero-order chi connectivity index (χ0) is 17.6. The maximum absolute atomic E-state index is 12.8. The van der Waals surface area contributed by atoms with Crippen LogP contribution in [0.25, 0.3) is 0 Å². The maximum atomic E-state index is 12.8. The number of rotatable bonds is 7. The van der Waals surface area contributed by atoms with E-state index in [2.05, 4.69) is 4.72 Å². The first-order valence-corrected chi connectivity index (χ1v) is 11.2. The Morgan fingerprint density at radius 2 is 1.96 bits per heavy atom. The van der Waals surface area contributed by atoms with Gasteiger partial charge in [0, 0.05) is 24.5 Å². The fourth-order valence-corrected chi connectivity index (χ4v) is 4.43. The van der Waals surface area contributed by atoms with Crippen molar-refractivity contribution in [1.82, 2.24) is 9.62 Å². The van der Waals surface area contributed by atoms with Gasteiger partial charge in [0.05, 0.1) is 10.5 Å². The Morgan fingerprint density at radius 3 is 2.58 bits per heavy atom. The van der Waals surface area contributed by atoms with E-state index < -0.39 is 10.0 Å². The highest BCUT2D eigenvalue weighted by Gasteiger charge is 2.23. The van der Waals surface area contributed by atoms with Gasteiger partial charge in [0.25, 0.3) is 5.91 Å². The van der Waals surface area contributed by atoms with Crippen molar-refractivity contribution in [2.75, 3.05) is 25.9 Å². The lowest BCUT2D eigenvalue weighted by Gasteiger charge is -2.27. The number of carbonyl (C=O) groups excluding carboxylic acids is 1. The summed E-state index contributed by atoms with van der Waals surface area (Å²) in [7, 11) is -3.57. The normalized spacial score (nSPS) is 15.5. The summed E-state index contributed by atoms with van der Waals surface area (Å²) in [6.45, 7) is 3.92. The van der Waals surface area contributed by atoms with Crippen LogP contribution in [0.4, 0.5) is 0 Å². The van der Waals surface area contributed by atoms with Crippen LogP contribution in [0.1, 0.15) is 49.4 Å². The first kappa shape index (κ1) is 19.3. The van der Waals surface area contributed by atoms with Crippen LogP contribution in [0.15, 0.2) is 28.0 Å². The number of unbranched alkanes of at least 4 members (excludes halogenated alkanes) is 1. The summed E-state index contributed by atoms with van der Waals surface area (Å²) in [4.78, 5) is 15.6. The van der Waals surface area contributed by atoms with Gasteiger partial charge in [-0.15, -0.1) is 11.8 Å². The van der Waals surface area contributed by atoms with Crippen molar-refractivity contribution in [2.24, 2.45) is 0 Å². The van der Waals surface area contributed by atoms with Gasteiger partial charge in [0.2, 0.25) is 10.0 Å². The third-order valence-corrected chi connectivity index (χ3v) is 6.43. The molecule has 1 aromatic carbocycles. The van der Waals surface area contributed by atoms with E-state index in [0.717, 1.165) is 50.1 Å². The molecule has 0 radical (unpaired) electrons. The number of nitrogens with zero attached hydrogens (tertiary/aromatic N) is 1. The summed E-state index contributed by atoms with van der Waals surface area (Å²) in [5.74, 6) is -0.0651. The molecule has 0 unspecified atom stereocenters. The average Bonchev–Trinajstić information content (AvgIpc) is 2.61. The van der Waals surface area contributed by atoms with Crippen LogP contribution < -0.4 is 4.72 Å². The van der Waals surface area contributed by atoms with Crippen LogP contribution >= 0.6 is 11.8 Å². The number of thioether (sulfide) groups is 1. The van der Waals surface area contributed by atoms with Gasteiger partial charge in [-0.2, -0.15) is 0 Å². The lowest BCUT2D eigenvalue weighted by Crippen LogP contribution is -2.36. The van der Waals surface area contributed by atoms with E-state index in [9.17, 15) is 13.2 Å². The Hall–Kier alpha value is -1.05. The van der Waals surface area contributed by atoms with E-state index in [-0.39, 0.29) is 10.8 Å². The van der Waals surface area contributed by atoms with E-state index in [1.54, 1.807) is 12.1 Å². The zero-order valence-electron chi connectivity index (χ0n) is 14.4. The topological polar surface area (TPSA) is 66.5 Å². The number of hydrogen-bond acceptors (Lipinski definition) is 4. The highest BCUT2D eigenvalue weighted by Crippen LogP contribution is 2.26. The minimum Gasteiger partial charge on any atom is -0.339 e. The number of benzene rings is 1. The summed E-state index contributed by atoms with van der Waals surface area (Å²) in [6.07, 6.45) is 6.78. The van der Waals surface area contributed by atoms with Crippen molar-refractivity contribution in [3.05, 3.63) is 23.8 Å². The molecule has 0 spiro atoms. The molecule has 0 bridgehead atoms. The van der Waals surface area contributed by atoms with E-state index in [4.69, 9.17) is 0 Å². The van der Waals surface area contributed by atoms with Crippen LogP contribution in [0, 0.1) is 0 Å². The monoisotopic (exact) mass is 370 g/mol. The van der Waals surface area contributed by atoms with Gasteiger partial charge in [0.1, 0.15) is 0 Å². The van der Waals surface area contributed by atoms with Crippen LogP contribution in [-0.4, -0.2) is 45.1 Å². The predicted octanol–water partition coefficient (Wildman–Crippen LogP) is 3.11. The highest BCUT2D eigenvalue weighted by atomic mass is 32.2. The second-order valence-corrected chi connectivity index (χ2v) is 8.58. The summed E-state index contributed by atoms with van der Waals surface area (Å²) in [5, 5.41) is 0. The first-order chi connectivity index (χ1) is 11.5. The molecular weight excluding hydrogens is 344 g/mol. The quantitative estimate of drug-likeness (QED) is 0.591. The molecule has 0 saturated carbocycles. The first-order valence-electron chi connectivity index (χ1n) is 8.46. The Labute approximate surface area is 149 Å². The third-order valence-electron chi connectivity index (χ3n) is 4.18. The molecule has 0 aliphatic carbocycles. The molecule has 1 amide bonds. The molecule has 1 saturated heterocycles. The second kappa shape index (κ2) is 8.87. The van der Waals surface area contributed by atoms with E-state index >= 15 is 0 Å². The largest absolute Gasteiger partial charge is 0.339 e. The number of carbonyl (C=O) groups is 1. The van der Waals surface area contributed by atoms with Crippen molar-refractivity contribution in [1.29, 1.82) is 0 Å². The summed E-state index contributed by atoms with van der Waals surface area (Å²) in [6, 6.07) is 4.83. The number of hydrogen-bond donors (Lipinski definition) is 1. The highest BCUT2D eigenvalue weighted by molar-refractivity contribution is 7.98. The van der Waals surface area contributed by atoms with Crippen LogP contribution in [0.3, 0.4) is 0 Å². The van der Waals surface area contributed by atoms with Crippen molar-refractivity contribution in [3.63, 3.8) is 0 Å². The summed E-state index contributed by atoms with van der Waals surface area (Å²) >= 11 is 1.47. The van der Waals surface area contributed by atoms with Gasteiger partial charge in [-0.25, -0.2) is 13.1 Å². The minimum absolute atomic E-state index is 0.0651. The standard InChI is InChI=1S/C17H26N2O3S2/c1-3-4-10-18-24(21,22)14-8-9-16(23-2)15(13-14)17(20)19-11-6-5-7-12-19/h8-9,13,18H,3-7,10-12H2,1-2H3. The SMILES string of the molecule is CCCCNS(=O)(=O)c1ccc(SC)c(C(=O)N2CCCCC2)c1. The van der Waals surface area contributed by atoms with Crippen molar-refractivity contribution < 1.29 is 13.2 Å². The van der Waals surface area contributed by atoms with Gasteiger partial charge in [-0.3, -0.25) is 4.79 Å². The molecule has 0 aromatic heterocycles. The molecular formula is C17H26N2O3S2. The maximum Gasteiger partial charge on any atom is 0.255 e. The molecule has 1 aliphatic heterocycles. The number of piperidine rings is 1. The second-order valence-electron chi connectivity index (χ2n) is 5.97. The van der Waals surface area contributed by atoms with Crippen LogP contribution in [-0.2, 0) is 10.0 Å². The van der Waals surface area contributed by atoms with Crippen molar-refractivity contribution in [3.8, 4) is 0 Å². The Balaban J connectivity index is 2.28. The Bertz CT molecular complexity index is 668. The van der Waals surface area contributed by atoms with Crippen molar-refractivity contribution >= 4 is 27.7 Å². The van der Waals surface area contributed by atoms with Gasteiger partial charge < -0.3 is 4.90 Å². The number of amides is 1. The molecule has 134 valence electrons. The molecule has 0 atom stereocenters. The summed E-state index contributed by atoms with van der Waals surface area (Å²) < 4.78 is 27.4. The number of sulfonamides is 1. The molecule has 1 aliphatic rings. The molecule has 1 heterocycles. The van der Waals surface area contributed by atoms with E-state index in [0.29, 0.717) is 12.1 Å². The molecule has 1 aromatic rings. The lowest BCUT2D eigenvalue weighted by atomic mass is 10.1. The minimum atomic E-state index is -3.57. The Kier molecular flexibility index (Phi) is 7.13. The van der Waals surface area contributed by atoms with Crippen LogP contribution in [0.2, 0.25) is 0 Å². The zero-order valence-corrected chi connectivity index (χ0v) is 16.0. The van der Waals surface area contributed by atoms with Crippen LogP contribution in [0.5, 0.6) is 0 Å². The molecule has 7 heteroatoms. The van der Waals surface area contributed by atoms with E-state index in [1.165, 1.54) is 17.8 Å². The van der Waals surface area contributed by atoms with Gasteiger partial charge in [-0.05, 0) is 50.1 Å². The third kappa shape index (κ3) is 4.74. The molecule has 5 nitrogen and oxygen atoms in total. The fraction of sp³-hybridized carbons (Fsp3) is 0.588. The summed E-state index contributed by atoms with van der Waals surface area (Å²) in [5.41, 5.74) is 0.489. The van der Waals surface area contributed by atoms with Gasteiger partial charge in [0.15, 0.2) is 0 Å². The number of nitrogens with one attached hydrogen (secondary N) is 1. The van der Waals surface area contributed by atoms with E-state index in [1.807, 2.05) is 18.1 Å². The lowest BCUT2D eigenvalue weighted by molar-refractivity contribution is 0.0720. The Morgan fingerprint density at radius 1 is 1.25 bits per heavy atom. The fourth-order valence-electron chi connectivity index (χ4n) is 2.76.